The second-order valence-corrected chi connectivity index (χ2v) is 6.17. The molecule has 0 spiro atoms. The Kier molecular flexibility index (Phi) is 5.83. The molecule has 0 unspecified atom stereocenters. The highest BCUT2D eigenvalue weighted by atomic mass is 35.5. The number of amidine groups is 1. The Morgan fingerprint density at radius 1 is 1.32 bits per heavy atom. The third kappa shape index (κ3) is 4.67. The van der Waals surface area contributed by atoms with Gasteiger partial charge in [-0.25, -0.2) is 14.0 Å². The van der Waals surface area contributed by atoms with Crippen LogP contribution >= 0.6 is 11.6 Å². The first kappa shape index (κ1) is 17.6. The second-order valence-electron chi connectivity index (χ2n) is 5.76. The number of likely N-dealkylation sites (tertiary alicyclic amines) is 1. The van der Waals surface area contributed by atoms with E-state index in [4.69, 9.17) is 26.7 Å². The molecule has 2 heterocycles. The topological polar surface area (TPSA) is 89.8 Å². The van der Waals surface area contributed by atoms with Gasteiger partial charge in [0.15, 0.2) is 5.84 Å². The molecule has 7 nitrogen and oxygen atoms in total. The first-order valence-electron chi connectivity index (χ1n) is 8.11. The number of benzene rings is 1. The van der Waals surface area contributed by atoms with Crippen molar-refractivity contribution < 1.29 is 13.8 Å². The summed E-state index contributed by atoms with van der Waals surface area (Å²) in [5, 5.41) is 7.41. The fourth-order valence-electron chi connectivity index (χ4n) is 2.63. The van der Waals surface area contributed by atoms with Crippen molar-refractivity contribution in [2.24, 2.45) is 10.7 Å². The maximum absolute atomic E-state index is 13.2. The molecule has 0 saturated carbocycles. The zero-order valence-electron chi connectivity index (χ0n) is 13.6. The largest absolute Gasteiger partial charge is 0.472 e. The van der Waals surface area contributed by atoms with Crippen LogP contribution in [0.1, 0.15) is 25.0 Å². The third-order valence-corrected chi connectivity index (χ3v) is 4.24. The van der Waals surface area contributed by atoms with E-state index in [-0.39, 0.29) is 22.4 Å². The molecule has 1 aromatic heterocycles. The van der Waals surface area contributed by atoms with Crippen LogP contribution in [0.25, 0.3) is 0 Å². The Hall–Kier alpha value is -2.19. The molecule has 1 aromatic carbocycles. The van der Waals surface area contributed by atoms with Crippen LogP contribution in [0.3, 0.4) is 0 Å². The molecular formula is C16H19ClFN5O2. The predicted octanol–water partition coefficient (Wildman–Crippen LogP) is 2.76. The summed E-state index contributed by atoms with van der Waals surface area (Å²) < 4.78 is 23.5. The monoisotopic (exact) mass is 367 g/mol. The molecule has 1 fully saturated rings. The van der Waals surface area contributed by atoms with Gasteiger partial charge in [0.25, 0.3) is 5.88 Å². The number of nitrogens with two attached hydrogens (primary N) is 1. The van der Waals surface area contributed by atoms with Crippen molar-refractivity contribution in [3.63, 3.8) is 0 Å². The Bertz CT molecular complexity index is 746. The zero-order chi connectivity index (χ0) is 17.6. The molecule has 1 saturated heterocycles. The number of halogens is 2. The lowest BCUT2D eigenvalue weighted by atomic mass is 10.1. The van der Waals surface area contributed by atoms with Crippen molar-refractivity contribution in [1.29, 1.82) is 0 Å². The summed E-state index contributed by atoms with van der Waals surface area (Å²) in [5.74, 6) is -0.285. The van der Waals surface area contributed by atoms with Crippen LogP contribution in [0.4, 0.5) is 10.1 Å². The van der Waals surface area contributed by atoms with Gasteiger partial charge >= 0.3 is 0 Å². The quantitative estimate of drug-likeness (QED) is 0.623. The van der Waals surface area contributed by atoms with Crippen LogP contribution in [0.2, 0.25) is 5.02 Å². The molecule has 1 aliphatic heterocycles. The van der Waals surface area contributed by atoms with E-state index in [9.17, 15) is 4.39 Å². The Balaban J connectivity index is 1.63. The molecule has 9 heteroatoms. The minimum atomic E-state index is -0.524. The number of piperidine rings is 1. The van der Waals surface area contributed by atoms with Gasteiger partial charge in [0, 0.05) is 6.54 Å². The summed E-state index contributed by atoms with van der Waals surface area (Å²) in [6, 6.07) is 4.04. The van der Waals surface area contributed by atoms with E-state index in [1.807, 2.05) is 0 Å². The molecular weight excluding hydrogens is 349 g/mol. The van der Waals surface area contributed by atoms with Crippen molar-refractivity contribution >= 4 is 23.1 Å². The van der Waals surface area contributed by atoms with Gasteiger partial charge in [0.2, 0.25) is 5.69 Å². The van der Waals surface area contributed by atoms with Crippen LogP contribution in [0.15, 0.2) is 27.8 Å². The van der Waals surface area contributed by atoms with Gasteiger partial charge in [-0.15, -0.1) is 0 Å². The molecule has 2 N–H and O–H groups in total. The summed E-state index contributed by atoms with van der Waals surface area (Å²) in [5.41, 5.74) is 6.54. The lowest BCUT2D eigenvalue weighted by Gasteiger charge is -2.25. The van der Waals surface area contributed by atoms with Crippen molar-refractivity contribution in [2.75, 3.05) is 26.2 Å². The number of ether oxygens (including phenoxy) is 1. The average molecular weight is 368 g/mol. The van der Waals surface area contributed by atoms with E-state index < -0.39 is 5.82 Å². The maximum Gasteiger partial charge on any atom is 0.287 e. The van der Waals surface area contributed by atoms with E-state index in [0.717, 1.165) is 19.6 Å². The van der Waals surface area contributed by atoms with Gasteiger partial charge in [-0.05, 0) is 54.4 Å². The van der Waals surface area contributed by atoms with E-state index in [1.165, 1.54) is 37.5 Å². The van der Waals surface area contributed by atoms with Crippen LogP contribution in [-0.4, -0.2) is 47.3 Å². The summed E-state index contributed by atoms with van der Waals surface area (Å²) in [7, 11) is 0. The number of aliphatic imine (C=N–C) groups is 1. The van der Waals surface area contributed by atoms with Crippen LogP contribution in [0.5, 0.6) is 5.88 Å². The Labute approximate surface area is 149 Å². The highest BCUT2D eigenvalue weighted by Gasteiger charge is 2.17. The van der Waals surface area contributed by atoms with Crippen molar-refractivity contribution in [3.8, 4) is 5.88 Å². The first-order valence-corrected chi connectivity index (χ1v) is 8.48. The minimum Gasteiger partial charge on any atom is -0.472 e. The molecule has 1 aliphatic rings. The summed E-state index contributed by atoms with van der Waals surface area (Å²) in [6.45, 7) is 3.43. The molecule has 0 bridgehead atoms. The van der Waals surface area contributed by atoms with Crippen LogP contribution in [0, 0.1) is 5.82 Å². The standard InChI is InChI=1S/C16H19ClFN5O2/c17-12-10-11(4-5-13(12)18)20-15(19)14-16(22-25-21-14)24-9-8-23-6-2-1-3-7-23/h4-5,10H,1-3,6-9H2,(H2,19,20). The van der Waals surface area contributed by atoms with Crippen molar-refractivity contribution in [1.82, 2.24) is 15.2 Å². The van der Waals surface area contributed by atoms with Gasteiger partial charge in [0.05, 0.1) is 10.7 Å². The lowest BCUT2D eigenvalue weighted by Crippen LogP contribution is -2.33. The molecule has 0 radical (unpaired) electrons. The second kappa shape index (κ2) is 8.26. The molecule has 2 aromatic rings. The number of hydrogen-bond acceptors (Lipinski definition) is 6. The van der Waals surface area contributed by atoms with Crippen LogP contribution in [-0.2, 0) is 0 Å². The van der Waals surface area contributed by atoms with E-state index in [0.29, 0.717) is 12.3 Å². The maximum atomic E-state index is 13.2. The highest BCUT2D eigenvalue weighted by Crippen LogP contribution is 2.23. The molecule has 0 atom stereocenters. The zero-order valence-corrected chi connectivity index (χ0v) is 14.4. The summed E-state index contributed by atoms with van der Waals surface area (Å²) >= 11 is 5.73. The van der Waals surface area contributed by atoms with E-state index in [2.05, 4.69) is 20.2 Å². The highest BCUT2D eigenvalue weighted by molar-refractivity contribution is 6.31. The molecule has 0 amide bonds. The normalized spacial score (nSPS) is 16.2. The van der Waals surface area contributed by atoms with Crippen molar-refractivity contribution in [3.05, 3.63) is 34.7 Å². The summed E-state index contributed by atoms with van der Waals surface area (Å²) in [4.78, 5) is 6.49. The van der Waals surface area contributed by atoms with Gasteiger partial charge < -0.3 is 10.5 Å². The minimum absolute atomic E-state index is 0.0367. The lowest BCUT2D eigenvalue weighted by molar-refractivity contribution is 0.175. The van der Waals surface area contributed by atoms with Gasteiger partial charge in [-0.2, -0.15) is 0 Å². The van der Waals surface area contributed by atoms with Crippen molar-refractivity contribution in [2.45, 2.75) is 19.3 Å². The number of rotatable bonds is 6. The SMILES string of the molecule is NC(=Nc1ccc(F)c(Cl)c1)c1nonc1OCCN1CCCCC1. The Morgan fingerprint density at radius 2 is 2.12 bits per heavy atom. The molecule has 0 aliphatic carbocycles. The van der Waals surface area contributed by atoms with Gasteiger partial charge in [-0.3, -0.25) is 4.90 Å². The molecule has 25 heavy (non-hydrogen) atoms. The van der Waals surface area contributed by atoms with Crippen LogP contribution < -0.4 is 10.5 Å². The average Bonchev–Trinajstić information content (AvgIpc) is 3.08. The number of nitrogens with zero attached hydrogens (tertiary/aromatic N) is 4. The van der Waals surface area contributed by atoms with Gasteiger partial charge in [0.1, 0.15) is 12.4 Å². The van der Waals surface area contributed by atoms with E-state index in [1.54, 1.807) is 0 Å². The number of aromatic nitrogens is 2. The Morgan fingerprint density at radius 3 is 2.88 bits per heavy atom. The number of hydrogen-bond donors (Lipinski definition) is 1. The van der Waals surface area contributed by atoms with E-state index >= 15 is 0 Å². The molecule has 134 valence electrons. The third-order valence-electron chi connectivity index (χ3n) is 3.95. The fraction of sp³-hybridized carbons (Fsp3) is 0.438. The predicted molar refractivity (Wildman–Crippen MR) is 91.9 cm³/mol. The van der Waals surface area contributed by atoms with Gasteiger partial charge in [-0.1, -0.05) is 18.0 Å². The smallest absolute Gasteiger partial charge is 0.287 e. The molecule has 3 rings (SSSR count). The summed E-state index contributed by atoms with van der Waals surface area (Å²) in [6.07, 6.45) is 3.72. The first-order chi connectivity index (χ1) is 12.1. The fourth-order valence-corrected chi connectivity index (χ4v) is 2.81.